The molecule has 1 aliphatic rings. The van der Waals surface area contributed by atoms with Gasteiger partial charge in [0.1, 0.15) is 30.5 Å². The van der Waals surface area contributed by atoms with E-state index in [1.807, 2.05) is 24.3 Å². The summed E-state index contributed by atoms with van der Waals surface area (Å²) in [5.41, 5.74) is 3.18. The van der Waals surface area contributed by atoms with Crippen LogP contribution in [-0.4, -0.2) is 104 Å². The molecule has 0 aromatic heterocycles. The first-order chi connectivity index (χ1) is 23.5. The fourth-order valence-electron chi connectivity index (χ4n) is 5.46. The molecule has 50 heavy (non-hydrogen) atoms. The van der Waals surface area contributed by atoms with Crippen LogP contribution in [0.25, 0.3) is 11.1 Å². The zero-order chi connectivity index (χ0) is 37.1. The van der Waals surface area contributed by atoms with Gasteiger partial charge in [-0.3, -0.25) is 19.2 Å². The van der Waals surface area contributed by atoms with Crippen LogP contribution in [0.2, 0.25) is 0 Å². The summed E-state index contributed by atoms with van der Waals surface area (Å²) in [5, 5.41) is 2.75. The third kappa shape index (κ3) is 12.5. The molecule has 0 saturated heterocycles. The van der Waals surface area contributed by atoms with Crippen molar-refractivity contribution in [1.82, 2.24) is 15.1 Å². The van der Waals surface area contributed by atoms with E-state index in [0.717, 1.165) is 27.2 Å². The molecule has 0 saturated carbocycles. The van der Waals surface area contributed by atoms with Crippen LogP contribution in [0.4, 0.5) is 4.79 Å². The number of amides is 3. The Balaban J connectivity index is 1.44. The lowest BCUT2D eigenvalue weighted by atomic mass is 9.98. The number of fused-ring (bicyclic) bond motifs is 3. The molecule has 0 unspecified atom stereocenters. The van der Waals surface area contributed by atoms with Crippen LogP contribution in [-0.2, 0) is 38.1 Å². The Bertz CT molecular complexity index is 1450. The molecule has 1 aliphatic carbocycles. The number of nitrogens with zero attached hydrogens (tertiary/aromatic N) is 2. The van der Waals surface area contributed by atoms with Crippen molar-refractivity contribution in [3.63, 3.8) is 0 Å². The second-order valence-electron chi connectivity index (χ2n) is 14.4. The van der Waals surface area contributed by atoms with Crippen molar-refractivity contribution in [2.45, 2.75) is 90.4 Å². The van der Waals surface area contributed by atoms with Gasteiger partial charge in [0.2, 0.25) is 11.8 Å². The van der Waals surface area contributed by atoms with Crippen LogP contribution in [0, 0.1) is 0 Å². The molecular formula is C38H53N3O9. The summed E-state index contributed by atoms with van der Waals surface area (Å²) in [7, 11) is 3.03. The first kappa shape index (κ1) is 40.0. The lowest BCUT2D eigenvalue weighted by Crippen LogP contribution is -2.50. The molecule has 0 fully saturated rings. The summed E-state index contributed by atoms with van der Waals surface area (Å²) < 4.78 is 21.9. The summed E-state index contributed by atoms with van der Waals surface area (Å²) >= 11 is 0. The van der Waals surface area contributed by atoms with Gasteiger partial charge >= 0.3 is 18.0 Å². The van der Waals surface area contributed by atoms with Crippen molar-refractivity contribution in [1.29, 1.82) is 0 Å². The SMILES string of the molecule is CN(CCCNC(=O)[C@H](CC(=O)OC(C)(C)C)N(C)C(=O)COCCCC(=O)OCC1c2ccccc2-c2ccccc21)C(=O)OC(C)(C)C. The summed E-state index contributed by atoms with van der Waals surface area (Å²) in [6.45, 7) is 11.0. The van der Waals surface area contributed by atoms with Gasteiger partial charge in [0.15, 0.2) is 0 Å². The number of carbonyl (C=O) groups is 5. The van der Waals surface area contributed by atoms with E-state index in [0.29, 0.717) is 19.4 Å². The highest BCUT2D eigenvalue weighted by molar-refractivity contribution is 5.91. The number of hydrogen-bond acceptors (Lipinski definition) is 9. The topological polar surface area (TPSA) is 141 Å². The van der Waals surface area contributed by atoms with Gasteiger partial charge in [-0.15, -0.1) is 0 Å². The number of benzene rings is 2. The molecule has 12 heteroatoms. The van der Waals surface area contributed by atoms with Crippen molar-refractivity contribution in [3.8, 4) is 11.1 Å². The van der Waals surface area contributed by atoms with Crippen molar-refractivity contribution in [2.75, 3.05) is 47.0 Å². The Hall–Kier alpha value is -4.45. The monoisotopic (exact) mass is 695 g/mol. The van der Waals surface area contributed by atoms with E-state index in [1.165, 1.54) is 11.9 Å². The van der Waals surface area contributed by atoms with Gasteiger partial charge in [-0.25, -0.2) is 4.79 Å². The molecule has 0 bridgehead atoms. The van der Waals surface area contributed by atoms with E-state index in [4.69, 9.17) is 18.9 Å². The van der Waals surface area contributed by atoms with Gasteiger partial charge < -0.3 is 34.1 Å². The lowest BCUT2D eigenvalue weighted by molar-refractivity contribution is -0.159. The molecule has 12 nitrogen and oxygen atoms in total. The highest BCUT2D eigenvalue weighted by Gasteiger charge is 2.32. The summed E-state index contributed by atoms with van der Waals surface area (Å²) in [6.07, 6.45) is 0.0473. The van der Waals surface area contributed by atoms with Crippen molar-refractivity contribution >= 4 is 29.8 Å². The fraction of sp³-hybridized carbons (Fsp3) is 0.553. The number of nitrogens with one attached hydrogen (secondary N) is 1. The van der Waals surface area contributed by atoms with Crippen LogP contribution >= 0.6 is 0 Å². The van der Waals surface area contributed by atoms with E-state index >= 15 is 0 Å². The highest BCUT2D eigenvalue weighted by atomic mass is 16.6. The number of carbonyl (C=O) groups excluding carboxylic acids is 5. The molecule has 1 N–H and O–H groups in total. The maximum Gasteiger partial charge on any atom is 0.410 e. The van der Waals surface area contributed by atoms with E-state index in [1.54, 1.807) is 48.6 Å². The van der Waals surface area contributed by atoms with Crippen LogP contribution in [0.15, 0.2) is 48.5 Å². The summed E-state index contributed by atoms with van der Waals surface area (Å²) in [4.78, 5) is 66.2. The molecule has 1 atom stereocenters. The van der Waals surface area contributed by atoms with Crippen molar-refractivity contribution < 1.29 is 42.9 Å². The summed E-state index contributed by atoms with van der Waals surface area (Å²) in [5.74, 6) is -2.07. The fourth-order valence-corrected chi connectivity index (χ4v) is 5.46. The largest absolute Gasteiger partial charge is 0.465 e. The lowest BCUT2D eigenvalue weighted by Gasteiger charge is -2.28. The number of likely N-dealkylation sites (N-methyl/N-ethyl adjacent to an activating group) is 1. The normalized spacial score (nSPS) is 13.0. The maximum atomic E-state index is 13.2. The zero-order valence-electron chi connectivity index (χ0n) is 30.7. The molecule has 0 aliphatic heterocycles. The molecule has 3 amide bonds. The minimum Gasteiger partial charge on any atom is -0.465 e. The Morgan fingerprint density at radius 3 is 1.96 bits per heavy atom. The number of ether oxygens (including phenoxy) is 4. The van der Waals surface area contributed by atoms with Gasteiger partial charge in [-0.1, -0.05) is 48.5 Å². The average molecular weight is 696 g/mol. The third-order valence-electron chi connectivity index (χ3n) is 7.89. The van der Waals surface area contributed by atoms with Crippen LogP contribution in [0.1, 0.15) is 84.3 Å². The van der Waals surface area contributed by atoms with Gasteiger partial charge in [0, 0.05) is 46.1 Å². The third-order valence-corrected chi connectivity index (χ3v) is 7.89. The minimum absolute atomic E-state index is 0.0276. The number of esters is 2. The molecule has 2 aromatic carbocycles. The number of hydrogen-bond donors (Lipinski definition) is 1. The Morgan fingerprint density at radius 2 is 1.38 bits per heavy atom. The predicted octanol–water partition coefficient (Wildman–Crippen LogP) is 5.07. The second kappa shape index (κ2) is 18.0. The van der Waals surface area contributed by atoms with Crippen LogP contribution in [0.5, 0.6) is 0 Å². The van der Waals surface area contributed by atoms with Gasteiger partial charge in [-0.05, 0) is 76.6 Å². The molecule has 0 heterocycles. The standard InChI is InChI=1S/C38H53N3O9/c1-37(2,3)49-34(44)23-31(35(45)39-20-14-21-40(7)36(46)50-38(4,5)6)41(8)32(42)25-47-22-13-19-33(43)48-24-30-28-17-11-9-15-26(28)27-16-10-12-18-29(27)30/h9-12,15-18,30-31H,13-14,19-25H2,1-8H3,(H,39,45)/t31-/m0/s1. The average Bonchev–Trinajstić information content (AvgIpc) is 3.35. The van der Waals surface area contributed by atoms with E-state index < -0.39 is 41.1 Å². The van der Waals surface area contributed by atoms with Crippen LogP contribution < -0.4 is 5.32 Å². The molecule has 3 rings (SSSR count). The highest BCUT2D eigenvalue weighted by Crippen LogP contribution is 2.44. The Labute approximate surface area is 295 Å². The molecule has 2 aromatic rings. The van der Waals surface area contributed by atoms with Gasteiger partial charge in [-0.2, -0.15) is 0 Å². The molecular weight excluding hydrogens is 642 g/mol. The Kier molecular flexibility index (Phi) is 14.4. The van der Waals surface area contributed by atoms with Crippen molar-refractivity contribution in [3.05, 3.63) is 59.7 Å². The maximum absolute atomic E-state index is 13.2. The molecule has 274 valence electrons. The molecule has 0 spiro atoms. The predicted molar refractivity (Wildman–Crippen MR) is 188 cm³/mol. The van der Waals surface area contributed by atoms with Crippen molar-refractivity contribution in [2.24, 2.45) is 0 Å². The Morgan fingerprint density at radius 1 is 0.800 bits per heavy atom. The smallest absolute Gasteiger partial charge is 0.410 e. The summed E-state index contributed by atoms with van der Waals surface area (Å²) in [6, 6.07) is 15.1. The number of rotatable bonds is 16. The first-order valence-corrected chi connectivity index (χ1v) is 17.1. The van der Waals surface area contributed by atoms with E-state index in [-0.39, 0.29) is 51.1 Å². The zero-order valence-corrected chi connectivity index (χ0v) is 30.7. The molecule has 0 radical (unpaired) electrons. The second-order valence-corrected chi connectivity index (χ2v) is 14.4. The van der Waals surface area contributed by atoms with E-state index in [2.05, 4.69) is 29.6 Å². The first-order valence-electron chi connectivity index (χ1n) is 17.1. The van der Waals surface area contributed by atoms with Gasteiger partial charge in [0.25, 0.3) is 0 Å². The van der Waals surface area contributed by atoms with E-state index in [9.17, 15) is 24.0 Å². The quantitative estimate of drug-likeness (QED) is 0.145. The minimum atomic E-state index is -1.15. The van der Waals surface area contributed by atoms with Gasteiger partial charge in [0.05, 0.1) is 6.42 Å². The van der Waals surface area contributed by atoms with Crippen LogP contribution in [0.3, 0.4) is 0 Å².